The first-order valence-electron chi connectivity index (χ1n) is 14.3. The summed E-state index contributed by atoms with van der Waals surface area (Å²) < 4.78 is 6.57. The van der Waals surface area contributed by atoms with Gasteiger partial charge < -0.3 is 4.74 Å². The Balaban J connectivity index is 1.47. The highest BCUT2D eigenvalue weighted by molar-refractivity contribution is 5.78. The largest absolute Gasteiger partial charge is 0.462 e. The third-order valence-corrected chi connectivity index (χ3v) is 10.0. The Hall–Kier alpha value is -3.21. The van der Waals surface area contributed by atoms with E-state index in [1.807, 2.05) is 18.2 Å². The van der Waals surface area contributed by atoms with Crippen molar-refractivity contribution in [3.8, 4) is 0 Å². The normalized spacial score (nSPS) is 32.3. The lowest BCUT2D eigenvalue weighted by molar-refractivity contribution is -0.384. The van der Waals surface area contributed by atoms with E-state index in [9.17, 15) is 14.9 Å². The monoisotopic (exact) mass is 527 g/mol. The van der Waals surface area contributed by atoms with Gasteiger partial charge >= 0.3 is 5.97 Å². The van der Waals surface area contributed by atoms with E-state index < -0.39 is 0 Å². The quantitative estimate of drug-likeness (QED) is 0.216. The van der Waals surface area contributed by atoms with Crippen LogP contribution in [0.4, 0.5) is 5.69 Å². The van der Waals surface area contributed by atoms with Crippen LogP contribution in [0.25, 0.3) is 0 Å². The van der Waals surface area contributed by atoms with Gasteiger partial charge in [0.15, 0.2) is 0 Å². The highest BCUT2D eigenvalue weighted by Crippen LogP contribution is 2.66. The van der Waals surface area contributed by atoms with Crippen LogP contribution in [0.3, 0.4) is 0 Å². The summed E-state index contributed by atoms with van der Waals surface area (Å²) in [6.45, 7) is 13.3. The van der Waals surface area contributed by atoms with Crippen molar-refractivity contribution in [3.05, 3.63) is 99.1 Å². The Morgan fingerprint density at radius 1 is 1.03 bits per heavy atom. The van der Waals surface area contributed by atoms with Gasteiger partial charge in [0.2, 0.25) is 0 Å². The van der Waals surface area contributed by atoms with E-state index >= 15 is 0 Å². The molecule has 0 amide bonds. The van der Waals surface area contributed by atoms with Crippen LogP contribution in [-0.4, -0.2) is 17.0 Å². The molecule has 3 aliphatic carbocycles. The van der Waals surface area contributed by atoms with Crippen molar-refractivity contribution >= 4 is 11.7 Å². The fourth-order valence-corrected chi connectivity index (χ4v) is 8.21. The molecule has 0 saturated heterocycles. The van der Waals surface area contributed by atoms with Crippen molar-refractivity contribution in [2.75, 3.05) is 0 Å². The minimum absolute atomic E-state index is 0.0514. The average molecular weight is 528 g/mol. The van der Waals surface area contributed by atoms with E-state index in [-0.39, 0.29) is 57.2 Å². The van der Waals surface area contributed by atoms with E-state index in [0.29, 0.717) is 5.92 Å². The van der Waals surface area contributed by atoms with Crippen molar-refractivity contribution < 1.29 is 14.5 Å². The molecule has 5 nitrogen and oxygen atoms in total. The van der Waals surface area contributed by atoms with E-state index in [1.54, 1.807) is 12.1 Å². The molecule has 5 rings (SSSR count). The molecule has 0 unspecified atom stereocenters. The minimum Gasteiger partial charge on any atom is -0.462 e. The van der Waals surface area contributed by atoms with E-state index in [4.69, 9.17) is 4.74 Å². The summed E-state index contributed by atoms with van der Waals surface area (Å²) in [5, 5.41) is 11.3. The van der Waals surface area contributed by atoms with Gasteiger partial charge in [-0.1, -0.05) is 99.9 Å². The summed E-state index contributed by atoms with van der Waals surface area (Å²) in [6, 6.07) is 17.3. The van der Waals surface area contributed by atoms with Gasteiger partial charge in [0.25, 0.3) is 5.69 Å². The SMILES string of the molecule is CC1=C[C@]2(C)[C@H](C(C)=C1)[C@@H](C(=O)O[C@@H]1C[C@H](C)CC[C@H]1C(C)(C)c1ccccc1)[C@@H]2c1ccc([N+](=O)[O-])cc1. The second-order valence-electron chi connectivity index (χ2n) is 13.1. The molecule has 0 aliphatic heterocycles. The first kappa shape index (κ1) is 27.4. The number of rotatable bonds is 6. The van der Waals surface area contributed by atoms with Gasteiger partial charge in [-0.25, -0.2) is 0 Å². The lowest BCUT2D eigenvalue weighted by Gasteiger charge is -2.60. The predicted molar refractivity (Wildman–Crippen MR) is 154 cm³/mol. The van der Waals surface area contributed by atoms with Crippen LogP contribution in [0.2, 0.25) is 0 Å². The highest BCUT2D eigenvalue weighted by Gasteiger charge is 2.63. The number of fused-ring (bicyclic) bond motifs is 1. The van der Waals surface area contributed by atoms with Crippen LogP contribution < -0.4 is 0 Å². The third kappa shape index (κ3) is 4.74. The molecule has 3 aliphatic rings. The number of ether oxygens (including phenoxy) is 1. The second-order valence-corrected chi connectivity index (χ2v) is 13.1. The van der Waals surface area contributed by atoms with Crippen LogP contribution >= 0.6 is 0 Å². The zero-order valence-electron chi connectivity index (χ0n) is 24.0. The fourth-order valence-electron chi connectivity index (χ4n) is 8.21. The topological polar surface area (TPSA) is 69.4 Å². The number of benzene rings is 2. The van der Waals surface area contributed by atoms with Gasteiger partial charge in [0.05, 0.1) is 10.8 Å². The molecule has 7 atom stereocenters. The Bertz CT molecular complexity index is 1310. The molecule has 0 heterocycles. The number of hydrogen-bond donors (Lipinski definition) is 0. The van der Waals surface area contributed by atoms with Gasteiger partial charge in [-0.15, -0.1) is 0 Å². The summed E-state index contributed by atoms with van der Waals surface area (Å²) in [7, 11) is 0. The van der Waals surface area contributed by atoms with Crippen LogP contribution in [0.15, 0.2) is 77.9 Å². The summed E-state index contributed by atoms with van der Waals surface area (Å²) in [4.78, 5) is 25.1. The maximum atomic E-state index is 14.2. The summed E-state index contributed by atoms with van der Waals surface area (Å²) in [5.74, 6) is 0.231. The van der Waals surface area contributed by atoms with E-state index in [1.165, 1.54) is 16.7 Å². The lowest BCUT2D eigenvalue weighted by atomic mass is 9.42. The molecular weight excluding hydrogens is 486 g/mol. The molecule has 5 heteroatoms. The molecule has 2 aromatic rings. The number of esters is 1. The van der Waals surface area contributed by atoms with E-state index in [0.717, 1.165) is 24.8 Å². The second kappa shape index (κ2) is 10.1. The summed E-state index contributed by atoms with van der Waals surface area (Å²) in [6.07, 6.45) is 7.35. The fraction of sp³-hybridized carbons (Fsp3) is 0.500. The molecule has 0 aromatic heterocycles. The van der Waals surface area contributed by atoms with Gasteiger partial charge in [-0.05, 0) is 49.1 Å². The molecule has 206 valence electrons. The van der Waals surface area contributed by atoms with Crippen LogP contribution in [0, 0.1) is 39.2 Å². The van der Waals surface area contributed by atoms with Crippen molar-refractivity contribution in [1.82, 2.24) is 0 Å². The first-order chi connectivity index (χ1) is 18.4. The highest BCUT2D eigenvalue weighted by atomic mass is 16.6. The molecule has 0 bridgehead atoms. The number of nitro groups is 1. The molecule has 0 spiro atoms. The van der Waals surface area contributed by atoms with Crippen LogP contribution in [0.5, 0.6) is 0 Å². The molecular formula is C34H41NO4. The smallest absolute Gasteiger partial charge is 0.310 e. The number of carbonyl (C=O) groups excluding carboxylic acids is 1. The van der Waals surface area contributed by atoms with Crippen molar-refractivity contribution in [2.24, 2.45) is 29.1 Å². The molecule has 0 radical (unpaired) electrons. The number of nitro benzene ring substituents is 1. The number of nitrogens with zero attached hydrogens (tertiary/aromatic N) is 1. The molecule has 2 fully saturated rings. The van der Waals surface area contributed by atoms with E-state index in [2.05, 4.69) is 78.0 Å². The molecule has 39 heavy (non-hydrogen) atoms. The number of non-ortho nitro benzene ring substituents is 1. The van der Waals surface area contributed by atoms with Crippen LogP contribution in [0.1, 0.15) is 77.8 Å². The Morgan fingerprint density at radius 2 is 1.69 bits per heavy atom. The number of hydrogen-bond acceptors (Lipinski definition) is 4. The summed E-state index contributed by atoms with van der Waals surface area (Å²) >= 11 is 0. The number of carbonyl (C=O) groups is 1. The molecule has 2 aromatic carbocycles. The zero-order chi connectivity index (χ0) is 28.1. The van der Waals surface area contributed by atoms with Crippen molar-refractivity contribution in [1.29, 1.82) is 0 Å². The third-order valence-electron chi connectivity index (χ3n) is 10.0. The maximum absolute atomic E-state index is 14.2. The first-order valence-corrected chi connectivity index (χ1v) is 14.3. The van der Waals surface area contributed by atoms with Gasteiger partial charge in [0, 0.05) is 35.3 Å². The minimum atomic E-state index is -0.378. The zero-order valence-corrected chi connectivity index (χ0v) is 24.0. The van der Waals surface area contributed by atoms with Crippen molar-refractivity contribution in [3.63, 3.8) is 0 Å². The average Bonchev–Trinajstić information content (AvgIpc) is 2.87. The van der Waals surface area contributed by atoms with Gasteiger partial charge in [-0.2, -0.15) is 0 Å². The standard InChI is InChI=1S/C34H41NO4/c1-21-12-17-27(33(4,5)25-10-8-7-9-11-25)28(19-21)39-32(36)29-30-23(3)18-22(2)20-34(30,6)31(29)24-13-15-26(16-14-24)35(37)38/h7-11,13-16,18,20-21,27-31H,12,17,19H2,1-6H3/t21-,27-,28-,29-,30-,31+,34-/m1/s1. The lowest BCUT2D eigenvalue weighted by Crippen LogP contribution is -2.58. The van der Waals surface area contributed by atoms with Crippen molar-refractivity contribution in [2.45, 2.75) is 78.2 Å². The Morgan fingerprint density at radius 3 is 2.33 bits per heavy atom. The maximum Gasteiger partial charge on any atom is 0.310 e. The number of allylic oxidation sites excluding steroid dienone is 4. The molecule has 2 saturated carbocycles. The molecule has 0 N–H and O–H groups in total. The van der Waals surface area contributed by atoms with Gasteiger partial charge in [-0.3, -0.25) is 14.9 Å². The predicted octanol–water partition coefficient (Wildman–Crippen LogP) is 8.16. The summed E-state index contributed by atoms with van der Waals surface area (Å²) in [5.41, 5.74) is 4.32. The Kier molecular flexibility index (Phi) is 7.07. The van der Waals surface area contributed by atoms with Crippen LogP contribution in [-0.2, 0) is 14.9 Å². The van der Waals surface area contributed by atoms with Gasteiger partial charge in [0.1, 0.15) is 6.10 Å². The Labute approximate surface area is 232 Å².